The molecule has 2 aliphatic rings. The number of hydrogen-bond acceptors (Lipinski definition) is 2. The lowest BCUT2D eigenvalue weighted by atomic mass is 9.86. The lowest BCUT2D eigenvalue weighted by Gasteiger charge is -2.27. The van der Waals surface area contributed by atoms with E-state index in [1.807, 2.05) is 6.08 Å². The van der Waals surface area contributed by atoms with Crippen LogP contribution in [-0.4, -0.2) is 12.4 Å². The van der Waals surface area contributed by atoms with Crippen molar-refractivity contribution in [2.45, 2.75) is 39.0 Å². The smallest absolute Gasteiger partial charge is 0.156 e. The van der Waals surface area contributed by atoms with Crippen LogP contribution in [0.4, 0.5) is 0 Å². The van der Waals surface area contributed by atoms with Crippen molar-refractivity contribution in [2.24, 2.45) is 5.92 Å². The summed E-state index contributed by atoms with van der Waals surface area (Å²) in [6.45, 7) is 2.95. The number of ketones is 1. The normalized spacial score (nSPS) is 25.1. The number of carbonyl (C=O) groups excluding carboxylic acids is 1. The molecule has 0 aromatic heterocycles. The molecule has 2 nitrogen and oxygen atoms in total. The first-order chi connectivity index (χ1) is 7.29. The van der Waals surface area contributed by atoms with Gasteiger partial charge in [0, 0.05) is 18.8 Å². The van der Waals surface area contributed by atoms with Crippen LogP contribution in [0.5, 0.6) is 0 Å². The molecule has 1 aliphatic carbocycles. The number of ether oxygens (including phenoxy) is 1. The predicted molar refractivity (Wildman–Crippen MR) is 59.4 cm³/mol. The minimum atomic E-state index is 0.272. The van der Waals surface area contributed by atoms with Crippen molar-refractivity contribution in [3.05, 3.63) is 23.5 Å². The van der Waals surface area contributed by atoms with E-state index in [0.717, 1.165) is 31.6 Å². The molecule has 1 heterocycles. The number of unbranched alkanes of at least 4 members (excludes halogenated alkanes) is 1. The van der Waals surface area contributed by atoms with Crippen molar-refractivity contribution in [1.82, 2.24) is 0 Å². The molecule has 0 radical (unpaired) electrons. The van der Waals surface area contributed by atoms with Crippen molar-refractivity contribution >= 4 is 5.78 Å². The van der Waals surface area contributed by atoms with Gasteiger partial charge in [0.15, 0.2) is 5.78 Å². The summed E-state index contributed by atoms with van der Waals surface area (Å²) in [5.74, 6) is 1.80. The number of carbonyl (C=O) groups is 1. The van der Waals surface area contributed by atoms with Gasteiger partial charge in [0.25, 0.3) is 0 Å². The Balaban J connectivity index is 2.08. The molecule has 0 saturated heterocycles. The van der Waals surface area contributed by atoms with E-state index in [2.05, 4.69) is 13.0 Å². The summed E-state index contributed by atoms with van der Waals surface area (Å²) in [5, 5.41) is 0. The Bertz CT molecular complexity index is 312. The number of rotatable bonds is 3. The third-order valence-corrected chi connectivity index (χ3v) is 3.11. The molecule has 15 heavy (non-hydrogen) atoms. The van der Waals surface area contributed by atoms with E-state index in [-0.39, 0.29) is 5.78 Å². The van der Waals surface area contributed by atoms with Crippen LogP contribution < -0.4 is 0 Å². The Morgan fingerprint density at radius 2 is 2.33 bits per heavy atom. The zero-order valence-corrected chi connectivity index (χ0v) is 9.29. The summed E-state index contributed by atoms with van der Waals surface area (Å²) >= 11 is 0. The topological polar surface area (TPSA) is 26.3 Å². The van der Waals surface area contributed by atoms with E-state index in [0.29, 0.717) is 12.3 Å². The molecule has 0 aromatic carbocycles. The average molecular weight is 206 g/mol. The van der Waals surface area contributed by atoms with E-state index >= 15 is 0 Å². The second kappa shape index (κ2) is 4.65. The first kappa shape index (κ1) is 10.5. The Morgan fingerprint density at radius 1 is 1.47 bits per heavy atom. The number of fused-ring (bicyclic) bond motifs is 1. The average Bonchev–Trinajstić information content (AvgIpc) is 2.25. The lowest BCUT2D eigenvalue weighted by Crippen LogP contribution is -2.22. The Kier molecular flexibility index (Phi) is 3.24. The zero-order chi connectivity index (χ0) is 10.7. The van der Waals surface area contributed by atoms with Gasteiger partial charge in [-0.1, -0.05) is 13.3 Å². The fraction of sp³-hybridized carbons (Fsp3) is 0.615. The second-order valence-electron chi connectivity index (χ2n) is 4.37. The third kappa shape index (κ3) is 2.49. The molecule has 0 spiro atoms. The molecular formula is C13H18O2. The Hall–Kier alpha value is -1.05. The van der Waals surface area contributed by atoms with Crippen molar-refractivity contribution < 1.29 is 9.53 Å². The summed E-state index contributed by atoms with van der Waals surface area (Å²) in [7, 11) is 0. The molecule has 1 atom stereocenters. The highest BCUT2D eigenvalue weighted by Gasteiger charge is 2.24. The largest absolute Gasteiger partial charge is 0.497 e. The van der Waals surface area contributed by atoms with Crippen molar-refractivity contribution in [3.63, 3.8) is 0 Å². The van der Waals surface area contributed by atoms with Gasteiger partial charge in [-0.25, -0.2) is 0 Å². The van der Waals surface area contributed by atoms with E-state index in [9.17, 15) is 4.79 Å². The molecule has 0 aromatic rings. The van der Waals surface area contributed by atoms with Gasteiger partial charge in [-0.3, -0.25) is 4.79 Å². The molecule has 2 heteroatoms. The van der Waals surface area contributed by atoms with Gasteiger partial charge in [0.1, 0.15) is 0 Å². The number of hydrogen-bond donors (Lipinski definition) is 0. The summed E-state index contributed by atoms with van der Waals surface area (Å²) < 4.78 is 5.69. The molecule has 0 saturated carbocycles. The first-order valence-corrected chi connectivity index (χ1v) is 5.87. The van der Waals surface area contributed by atoms with Crippen LogP contribution in [0.1, 0.15) is 39.0 Å². The van der Waals surface area contributed by atoms with Crippen molar-refractivity contribution in [2.75, 3.05) is 6.61 Å². The van der Waals surface area contributed by atoms with Gasteiger partial charge < -0.3 is 4.74 Å². The molecule has 0 N–H and O–H groups in total. The maximum atomic E-state index is 11.3. The van der Waals surface area contributed by atoms with Crippen LogP contribution >= 0.6 is 0 Å². The predicted octanol–water partition coefficient (Wildman–Crippen LogP) is 3.00. The summed E-state index contributed by atoms with van der Waals surface area (Å²) in [4.78, 5) is 11.3. The monoisotopic (exact) mass is 206 g/mol. The number of allylic oxidation sites excluding steroid dienone is 3. The molecule has 1 unspecified atom stereocenters. The van der Waals surface area contributed by atoms with Crippen LogP contribution in [0, 0.1) is 5.92 Å². The third-order valence-electron chi connectivity index (χ3n) is 3.11. The molecule has 2 rings (SSSR count). The van der Waals surface area contributed by atoms with E-state index < -0.39 is 0 Å². The molecule has 1 aliphatic heterocycles. The van der Waals surface area contributed by atoms with Gasteiger partial charge in [0.05, 0.1) is 12.4 Å². The Morgan fingerprint density at radius 3 is 3.13 bits per heavy atom. The highest BCUT2D eigenvalue weighted by Crippen LogP contribution is 2.31. The molecular weight excluding hydrogens is 188 g/mol. The maximum Gasteiger partial charge on any atom is 0.156 e. The van der Waals surface area contributed by atoms with Crippen LogP contribution in [0.15, 0.2) is 23.5 Å². The van der Waals surface area contributed by atoms with Gasteiger partial charge in [-0.2, -0.15) is 0 Å². The summed E-state index contributed by atoms with van der Waals surface area (Å²) in [6, 6.07) is 0. The van der Waals surface area contributed by atoms with Gasteiger partial charge >= 0.3 is 0 Å². The van der Waals surface area contributed by atoms with Gasteiger partial charge in [-0.15, -0.1) is 0 Å². The quantitative estimate of drug-likeness (QED) is 0.709. The standard InChI is InChI=1S/C13H18O2/c1-2-3-4-13-8-11-7-12(14)6-5-10(11)9-15-13/h7-8,10H,2-6,9H2,1H3. The van der Waals surface area contributed by atoms with Gasteiger partial charge in [0.2, 0.25) is 0 Å². The summed E-state index contributed by atoms with van der Waals surface area (Å²) in [5.41, 5.74) is 1.20. The van der Waals surface area contributed by atoms with Gasteiger partial charge in [-0.05, 0) is 30.6 Å². The SMILES string of the molecule is CCCCC1=CC2=CC(=O)CCC2CO1. The summed E-state index contributed by atoms with van der Waals surface area (Å²) in [6.07, 6.45) is 8.90. The van der Waals surface area contributed by atoms with Crippen molar-refractivity contribution in [1.29, 1.82) is 0 Å². The lowest BCUT2D eigenvalue weighted by molar-refractivity contribution is -0.115. The van der Waals surface area contributed by atoms with E-state index in [4.69, 9.17) is 4.74 Å². The van der Waals surface area contributed by atoms with Crippen LogP contribution in [-0.2, 0) is 9.53 Å². The fourth-order valence-electron chi connectivity index (χ4n) is 2.13. The first-order valence-electron chi connectivity index (χ1n) is 5.87. The molecule has 0 bridgehead atoms. The maximum absolute atomic E-state index is 11.3. The van der Waals surface area contributed by atoms with E-state index in [1.165, 1.54) is 12.0 Å². The molecule has 0 amide bonds. The zero-order valence-electron chi connectivity index (χ0n) is 9.29. The Labute approximate surface area is 91.0 Å². The van der Waals surface area contributed by atoms with Crippen LogP contribution in [0.3, 0.4) is 0 Å². The van der Waals surface area contributed by atoms with E-state index in [1.54, 1.807) is 0 Å². The fourth-order valence-corrected chi connectivity index (χ4v) is 2.13. The van der Waals surface area contributed by atoms with Crippen LogP contribution in [0.2, 0.25) is 0 Å². The minimum Gasteiger partial charge on any atom is -0.497 e. The highest BCUT2D eigenvalue weighted by molar-refractivity contribution is 5.91. The van der Waals surface area contributed by atoms with Crippen molar-refractivity contribution in [3.8, 4) is 0 Å². The van der Waals surface area contributed by atoms with Crippen LogP contribution in [0.25, 0.3) is 0 Å². The molecule has 0 fully saturated rings. The second-order valence-corrected chi connectivity index (χ2v) is 4.37. The molecule has 82 valence electrons. The highest BCUT2D eigenvalue weighted by atomic mass is 16.5. The minimum absolute atomic E-state index is 0.272.